The first-order chi connectivity index (χ1) is 15.9. The number of hydrogen-bond donors (Lipinski definition) is 3. The summed E-state index contributed by atoms with van der Waals surface area (Å²) in [4.78, 5) is 32.1. The zero-order valence-corrected chi connectivity index (χ0v) is 18.6. The number of benzene rings is 1. The smallest absolute Gasteiger partial charge is 0.314 e. The number of hydrogen-bond acceptors (Lipinski definition) is 6. The molecule has 1 aromatic carbocycles. The summed E-state index contributed by atoms with van der Waals surface area (Å²) in [6, 6.07) is 5.88. The van der Waals surface area contributed by atoms with Crippen LogP contribution in [0.15, 0.2) is 36.8 Å². The Hall–Kier alpha value is -3.95. The second kappa shape index (κ2) is 8.19. The summed E-state index contributed by atoms with van der Waals surface area (Å²) < 4.78 is 1.89. The minimum atomic E-state index is -0.712. The van der Waals surface area contributed by atoms with Gasteiger partial charge in [-0.1, -0.05) is 13.0 Å². The zero-order chi connectivity index (χ0) is 23.1. The molecule has 0 spiro atoms. The predicted molar refractivity (Wildman–Crippen MR) is 125 cm³/mol. The highest BCUT2D eigenvalue weighted by atomic mass is 16.2. The van der Waals surface area contributed by atoms with Gasteiger partial charge in [-0.2, -0.15) is 10.2 Å². The van der Waals surface area contributed by atoms with Crippen LogP contribution in [0.5, 0.6) is 0 Å². The highest BCUT2D eigenvalue weighted by molar-refractivity contribution is 6.40. The van der Waals surface area contributed by atoms with Crippen LogP contribution in [-0.4, -0.2) is 48.2 Å². The number of nitrogens with two attached hydrogens (primary N) is 1. The molecule has 2 atom stereocenters. The summed E-state index contributed by atoms with van der Waals surface area (Å²) in [6.45, 7) is 5.45. The standard InChI is InChI=1S/C23H26N8O2/c1-3-30-12-15-8-14(5-6-17(15)29-30)19-7-4-13(2)11-31(19)23(33)22(32)27-18-10-25-21(24)16-9-26-28-20(16)18/h5-6,8-10,12-13,19H,3-4,7,11H2,1-2H3,(H2,24,25)(H,26,28)(H,27,32)/t13-,19+/m0/s1. The Morgan fingerprint density at radius 3 is 2.94 bits per heavy atom. The third-order valence-corrected chi connectivity index (χ3v) is 6.32. The highest BCUT2D eigenvalue weighted by Crippen LogP contribution is 2.35. The fraction of sp³-hybridized carbons (Fsp3) is 0.348. The summed E-state index contributed by atoms with van der Waals surface area (Å²) >= 11 is 0. The minimum absolute atomic E-state index is 0.175. The number of rotatable bonds is 3. The van der Waals surface area contributed by atoms with Gasteiger partial charge < -0.3 is 16.0 Å². The van der Waals surface area contributed by atoms with Crippen molar-refractivity contribution in [1.29, 1.82) is 0 Å². The van der Waals surface area contributed by atoms with E-state index in [4.69, 9.17) is 5.73 Å². The molecule has 1 fully saturated rings. The third-order valence-electron chi connectivity index (χ3n) is 6.32. The Morgan fingerprint density at radius 1 is 1.27 bits per heavy atom. The molecule has 5 rings (SSSR count). The lowest BCUT2D eigenvalue weighted by atomic mass is 9.89. The van der Waals surface area contributed by atoms with Gasteiger partial charge in [0.1, 0.15) is 5.82 Å². The van der Waals surface area contributed by atoms with Crippen LogP contribution in [0.4, 0.5) is 11.5 Å². The lowest BCUT2D eigenvalue weighted by Gasteiger charge is -2.38. The molecule has 1 aliphatic rings. The number of aryl methyl sites for hydroxylation is 1. The van der Waals surface area contributed by atoms with Crippen molar-refractivity contribution < 1.29 is 9.59 Å². The maximum absolute atomic E-state index is 13.3. The maximum Gasteiger partial charge on any atom is 0.314 e. The molecule has 0 unspecified atom stereocenters. The van der Waals surface area contributed by atoms with E-state index in [9.17, 15) is 9.59 Å². The third kappa shape index (κ3) is 3.77. The van der Waals surface area contributed by atoms with E-state index in [2.05, 4.69) is 38.6 Å². The molecule has 0 aliphatic carbocycles. The Labute approximate surface area is 190 Å². The summed E-state index contributed by atoms with van der Waals surface area (Å²) in [6.07, 6.45) is 6.75. The fourth-order valence-corrected chi connectivity index (χ4v) is 4.54. The van der Waals surface area contributed by atoms with Crippen LogP contribution in [0.25, 0.3) is 21.8 Å². The monoisotopic (exact) mass is 446 g/mol. The van der Waals surface area contributed by atoms with E-state index in [1.165, 1.54) is 12.4 Å². The highest BCUT2D eigenvalue weighted by Gasteiger charge is 2.34. The lowest BCUT2D eigenvalue weighted by molar-refractivity contribution is -0.146. The minimum Gasteiger partial charge on any atom is -0.383 e. The molecule has 3 aromatic heterocycles. The number of H-pyrrole nitrogens is 1. The van der Waals surface area contributed by atoms with E-state index in [-0.39, 0.29) is 6.04 Å². The number of nitrogens with one attached hydrogen (secondary N) is 2. The van der Waals surface area contributed by atoms with Gasteiger partial charge in [0, 0.05) is 24.7 Å². The Morgan fingerprint density at radius 2 is 2.12 bits per heavy atom. The van der Waals surface area contributed by atoms with Crippen molar-refractivity contribution in [3.05, 3.63) is 42.4 Å². The van der Waals surface area contributed by atoms with Crippen molar-refractivity contribution in [3.63, 3.8) is 0 Å². The molecule has 1 saturated heterocycles. The number of carbonyl (C=O) groups excluding carboxylic acids is 2. The van der Waals surface area contributed by atoms with Crippen LogP contribution < -0.4 is 11.1 Å². The molecule has 33 heavy (non-hydrogen) atoms. The van der Waals surface area contributed by atoms with Gasteiger partial charge >= 0.3 is 11.8 Å². The topological polar surface area (TPSA) is 135 Å². The number of nitrogens with zero attached hydrogens (tertiary/aromatic N) is 5. The number of pyridine rings is 1. The molecule has 2 amide bonds. The van der Waals surface area contributed by atoms with Crippen molar-refractivity contribution in [1.82, 2.24) is 29.9 Å². The van der Waals surface area contributed by atoms with Gasteiger partial charge in [-0.15, -0.1) is 0 Å². The Kier molecular flexibility index (Phi) is 5.20. The number of carbonyl (C=O) groups is 2. The predicted octanol–water partition coefficient (Wildman–Crippen LogP) is 2.85. The second-order valence-corrected chi connectivity index (χ2v) is 8.63. The molecular formula is C23H26N8O2. The van der Waals surface area contributed by atoms with Crippen LogP contribution in [0, 0.1) is 5.92 Å². The number of likely N-dealkylation sites (tertiary alicyclic amines) is 1. The van der Waals surface area contributed by atoms with E-state index in [0.29, 0.717) is 34.9 Å². The number of anilines is 2. The van der Waals surface area contributed by atoms with Crippen LogP contribution in [-0.2, 0) is 16.1 Å². The number of nitrogen functional groups attached to an aromatic ring is 1. The summed E-state index contributed by atoms with van der Waals surface area (Å²) in [7, 11) is 0. The molecule has 0 bridgehead atoms. The number of piperidine rings is 1. The van der Waals surface area contributed by atoms with Crippen LogP contribution in [0.3, 0.4) is 0 Å². The van der Waals surface area contributed by atoms with Crippen LogP contribution in [0.1, 0.15) is 38.3 Å². The normalized spacial score (nSPS) is 18.7. The molecule has 0 radical (unpaired) electrons. The molecule has 4 heterocycles. The van der Waals surface area contributed by atoms with E-state index in [1.54, 1.807) is 4.90 Å². The fourth-order valence-electron chi connectivity index (χ4n) is 4.54. The van der Waals surface area contributed by atoms with Gasteiger partial charge in [-0.3, -0.25) is 19.4 Å². The first-order valence-corrected chi connectivity index (χ1v) is 11.1. The SMILES string of the molecule is CCn1cc2cc([C@H]3CC[C@H](C)CN3C(=O)C(=O)Nc3cnc(N)c4cn[nH]c34)ccc2n1. The summed E-state index contributed by atoms with van der Waals surface area (Å²) in [5.41, 5.74) is 8.69. The average molecular weight is 447 g/mol. The van der Waals surface area contributed by atoms with Crippen molar-refractivity contribution in [2.24, 2.45) is 5.92 Å². The molecule has 1 aliphatic heterocycles. The Balaban J connectivity index is 1.42. The maximum atomic E-state index is 13.3. The molecule has 4 aromatic rings. The lowest BCUT2D eigenvalue weighted by Crippen LogP contribution is -2.46. The Bertz CT molecular complexity index is 1360. The van der Waals surface area contributed by atoms with Crippen molar-refractivity contribution in [2.75, 3.05) is 17.6 Å². The number of amides is 2. The van der Waals surface area contributed by atoms with Gasteiger partial charge in [0.2, 0.25) is 0 Å². The van der Waals surface area contributed by atoms with E-state index in [1.807, 2.05) is 29.9 Å². The molecule has 0 saturated carbocycles. The molecular weight excluding hydrogens is 420 g/mol. The number of aromatic amines is 1. The number of aromatic nitrogens is 5. The largest absolute Gasteiger partial charge is 0.383 e. The van der Waals surface area contributed by atoms with Crippen LogP contribution in [0.2, 0.25) is 0 Å². The van der Waals surface area contributed by atoms with Crippen LogP contribution >= 0.6 is 0 Å². The first kappa shape index (κ1) is 20.9. The van der Waals surface area contributed by atoms with Gasteiger partial charge in [0.15, 0.2) is 0 Å². The first-order valence-electron chi connectivity index (χ1n) is 11.1. The van der Waals surface area contributed by atoms with Gasteiger partial charge in [0.05, 0.1) is 40.5 Å². The zero-order valence-electron chi connectivity index (χ0n) is 18.6. The van der Waals surface area contributed by atoms with Gasteiger partial charge in [-0.25, -0.2) is 4.98 Å². The van der Waals surface area contributed by atoms with Gasteiger partial charge in [0.25, 0.3) is 0 Å². The number of fused-ring (bicyclic) bond motifs is 2. The van der Waals surface area contributed by atoms with E-state index < -0.39 is 11.8 Å². The summed E-state index contributed by atoms with van der Waals surface area (Å²) in [5, 5.41) is 15.6. The molecule has 10 heteroatoms. The van der Waals surface area contributed by atoms with Crippen molar-refractivity contribution in [3.8, 4) is 0 Å². The molecule has 10 nitrogen and oxygen atoms in total. The average Bonchev–Trinajstić information content (AvgIpc) is 3.47. The van der Waals surface area contributed by atoms with Crippen molar-refractivity contribution >= 4 is 45.1 Å². The second-order valence-electron chi connectivity index (χ2n) is 8.63. The van der Waals surface area contributed by atoms with E-state index in [0.717, 1.165) is 35.9 Å². The van der Waals surface area contributed by atoms with Gasteiger partial charge in [-0.05, 0) is 43.4 Å². The quantitative estimate of drug-likeness (QED) is 0.414. The van der Waals surface area contributed by atoms with Crippen molar-refractivity contribution in [2.45, 2.75) is 39.3 Å². The molecule has 4 N–H and O–H groups in total. The summed E-state index contributed by atoms with van der Waals surface area (Å²) in [5.74, 6) is -0.672. The van der Waals surface area contributed by atoms with E-state index >= 15 is 0 Å². The molecule has 170 valence electrons.